The average Bonchev–Trinajstić information content (AvgIpc) is 3.08. The van der Waals surface area contributed by atoms with Crippen LogP contribution in [-0.4, -0.2) is 64.6 Å². The van der Waals surface area contributed by atoms with E-state index < -0.39 is 11.7 Å². The molecule has 1 unspecified atom stereocenters. The minimum Gasteiger partial charge on any atom is -0.447 e. The lowest BCUT2D eigenvalue weighted by atomic mass is 10.2. The molecule has 2 N–H and O–H groups in total. The maximum atomic E-state index is 13.8. The van der Waals surface area contributed by atoms with Gasteiger partial charge in [0.05, 0.1) is 18.3 Å². The number of oxazole rings is 1. The SMILES string of the molecule is Cc1ccc(F)c(NC(=O)c2coc(CN3CCN(CC(C)O)CC3)n2)c1. The molecule has 0 spiro atoms. The van der Waals surface area contributed by atoms with E-state index in [0.717, 1.165) is 31.7 Å². The van der Waals surface area contributed by atoms with E-state index in [4.69, 9.17) is 4.42 Å². The van der Waals surface area contributed by atoms with Gasteiger partial charge in [0, 0.05) is 32.7 Å². The Labute approximate surface area is 157 Å². The van der Waals surface area contributed by atoms with Gasteiger partial charge >= 0.3 is 0 Å². The number of aliphatic hydroxyl groups excluding tert-OH is 1. The lowest BCUT2D eigenvalue weighted by Crippen LogP contribution is -2.47. The summed E-state index contributed by atoms with van der Waals surface area (Å²) in [6.45, 7) is 8.20. The minimum absolute atomic E-state index is 0.124. The second-order valence-corrected chi connectivity index (χ2v) is 6.99. The molecule has 2 heterocycles. The molecular formula is C19H25FN4O3. The average molecular weight is 376 g/mol. The van der Waals surface area contributed by atoms with Crippen LogP contribution in [0.2, 0.25) is 0 Å². The highest BCUT2D eigenvalue weighted by Crippen LogP contribution is 2.17. The van der Waals surface area contributed by atoms with Crippen LogP contribution in [0.5, 0.6) is 0 Å². The summed E-state index contributed by atoms with van der Waals surface area (Å²) in [5.74, 6) is -0.544. The molecule has 3 rings (SSSR count). The van der Waals surface area contributed by atoms with Gasteiger partial charge in [-0.3, -0.25) is 14.6 Å². The van der Waals surface area contributed by atoms with Gasteiger partial charge < -0.3 is 14.8 Å². The zero-order valence-corrected chi connectivity index (χ0v) is 15.6. The molecule has 8 heteroatoms. The highest BCUT2D eigenvalue weighted by atomic mass is 19.1. The molecule has 1 aliphatic rings. The van der Waals surface area contributed by atoms with E-state index in [2.05, 4.69) is 20.1 Å². The van der Waals surface area contributed by atoms with Crippen LogP contribution in [0.15, 0.2) is 28.9 Å². The number of carbonyl (C=O) groups excluding carboxylic acids is 1. The van der Waals surface area contributed by atoms with Crippen molar-refractivity contribution in [1.82, 2.24) is 14.8 Å². The summed E-state index contributed by atoms with van der Waals surface area (Å²) in [4.78, 5) is 20.9. The number of aromatic nitrogens is 1. The van der Waals surface area contributed by atoms with Crippen molar-refractivity contribution >= 4 is 11.6 Å². The first-order chi connectivity index (χ1) is 12.9. The van der Waals surface area contributed by atoms with Crippen LogP contribution < -0.4 is 5.32 Å². The number of benzene rings is 1. The van der Waals surface area contributed by atoms with Gasteiger partial charge in [0.15, 0.2) is 5.69 Å². The van der Waals surface area contributed by atoms with Crippen molar-refractivity contribution in [2.75, 3.05) is 38.0 Å². The number of amides is 1. The molecule has 0 radical (unpaired) electrons. The Kier molecular flexibility index (Phi) is 6.20. The van der Waals surface area contributed by atoms with Crippen molar-refractivity contribution in [2.24, 2.45) is 0 Å². The number of aliphatic hydroxyl groups is 1. The first-order valence-corrected chi connectivity index (χ1v) is 9.05. The third kappa shape index (κ3) is 5.35. The van der Waals surface area contributed by atoms with Crippen molar-refractivity contribution in [2.45, 2.75) is 26.5 Å². The van der Waals surface area contributed by atoms with Crippen LogP contribution in [0.4, 0.5) is 10.1 Å². The van der Waals surface area contributed by atoms with Crippen molar-refractivity contribution in [3.05, 3.63) is 47.4 Å². The summed E-state index contributed by atoms with van der Waals surface area (Å²) >= 11 is 0. The molecule has 1 fully saturated rings. The van der Waals surface area contributed by atoms with Gasteiger partial charge in [-0.15, -0.1) is 0 Å². The lowest BCUT2D eigenvalue weighted by Gasteiger charge is -2.34. The Morgan fingerprint density at radius 3 is 2.74 bits per heavy atom. The Hall–Kier alpha value is -2.29. The summed E-state index contributed by atoms with van der Waals surface area (Å²) in [6, 6.07) is 4.53. The summed E-state index contributed by atoms with van der Waals surface area (Å²) in [5.41, 5.74) is 1.10. The van der Waals surface area contributed by atoms with E-state index in [-0.39, 0.29) is 17.5 Å². The number of hydrogen-bond donors (Lipinski definition) is 2. The molecule has 1 saturated heterocycles. The van der Waals surface area contributed by atoms with Crippen LogP contribution in [0, 0.1) is 12.7 Å². The number of carbonyl (C=O) groups is 1. The predicted molar refractivity (Wildman–Crippen MR) is 99.0 cm³/mol. The van der Waals surface area contributed by atoms with Gasteiger partial charge in [0.2, 0.25) is 5.89 Å². The second-order valence-electron chi connectivity index (χ2n) is 6.99. The summed E-state index contributed by atoms with van der Waals surface area (Å²) < 4.78 is 19.2. The largest absolute Gasteiger partial charge is 0.447 e. The van der Waals surface area contributed by atoms with Crippen molar-refractivity contribution in [3.63, 3.8) is 0 Å². The number of halogens is 1. The fraction of sp³-hybridized carbons (Fsp3) is 0.474. The molecule has 1 aromatic carbocycles. The minimum atomic E-state index is -0.503. The van der Waals surface area contributed by atoms with Crippen LogP contribution in [0.25, 0.3) is 0 Å². The van der Waals surface area contributed by atoms with Crippen molar-refractivity contribution < 1.29 is 18.7 Å². The molecule has 1 aromatic heterocycles. The van der Waals surface area contributed by atoms with Crippen LogP contribution >= 0.6 is 0 Å². The number of nitrogens with zero attached hydrogens (tertiary/aromatic N) is 3. The van der Waals surface area contributed by atoms with Gasteiger partial charge in [-0.25, -0.2) is 9.37 Å². The van der Waals surface area contributed by atoms with Crippen molar-refractivity contribution in [1.29, 1.82) is 0 Å². The summed E-state index contributed by atoms with van der Waals surface area (Å²) in [5, 5.41) is 12.0. The lowest BCUT2D eigenvalue weighted by molar-refractivity contribution is 0.0747. The van der Waals surface area contributed by atoms with Crippen molar-refractivity contribution in [3.8, 4) is 0 Å². The van der Waals surface area contributed by atoms with Gasteiger partial charge in [-0.2, -0.15) is 0 Å². The molecule has 1 amide bonds. The molecule has 0 bridgehead atoms. The van der Waals surface area contributed by atoms with Gasteiger partial charge in [-0.05, 0) is 31.5 Å². The Balaban J connectivity index is 1.54. The standard InChI is InChI=1S/C19H25FN4O3/c1-13-3-4-15(20)16(9-13)22-19(26)17-12-27-18(21-17)11-24-7-5-23(6-8-24)10-14(2)25/h3-4,9,12,14,25H,5-8,10-11H2,1-2H3,(H,22,26). The van der Waals surface area contributed by atoms with Gasteiger partial charge in [-0.1, -0.05) is 6.07 Å². The van der Waals surface area contributed by atoms with Gasteiger partial charge in [0.25, 0.3) is 5.91 Å². The highest BCUT2D eigenvalue weighted by Gasteiger charge is 2.20. The molecule has 27 heavy (non-hydrogen) atoms. The summed E-state index contributed by atoms with van der Waals surface area (Å²) in [7, 11) is 0. The van der Waals surface area contributed by atoms with E-state index in [1.807, 2.05) is 6.92 Å². The molecule has 7 nitrogen and oxygen atoms in total. The zero-order valence-electron chi connectivity index (χ0n) is 15.6. The third-order valence-corrected chi connectivity index (χ3v) is 4.50. The topological polar surface area (TPSA) is 81.8 Å². The molecule has 2 aromatic rings. The predicted octanol–water partition coefficient (Wildman–Crippen LogP) is 1.87. The van der Waals surface area contributed by atoms with E-state index >= 15 is 0 Å². The molecule has 0 aliphatic carbocycles. The number of hydrogen-bond acceptors (Lipinski definition) is 6. The fourth-order valence-corrected chi connectivity index (χ4v) is 3.10. The Bertz CT molecular complexity index is 785. The number of piperazine rings is 1. The van der Waals surface area contributed by atoms with E-state index in [1.54, 1.807) is 19.1 Å². The summed E-state index contributed by atoms with van der Waals surface area (Å²) in [6.07, 6.45) is 0.963. The van der Waals surface area contributed by atoms with E-state index in [0.29, 0.717) is 19.0 Å². The van der Waals surface area contributed by atoms with Gasteiger partial charge in [0.1, 0.15) is 12.1 Å². The van der Waals surface area contributed by atoms with E-state index in [9.17, 15) is 14.3 Å². The number of rotatable bonds is 6. The third-order valence-electron chi connectivity index (χ3n) is 4.50. The van der Waals surface area contributed by atoms with E-state index in [1.165, 1.54) is 12.3 Å². The highest BCUT2D eigenvalue weighted by molar-refractivity contribution is 6.02. The maximum absolute atomic E-state index is 13.8. The molecule has 146 valence electrons. The van der Waals surface area contributed by atoms with Crippen LogP contribution in [0.1, 0.15) is 28.9 Å². The number of aryl methyl sites for hydroxylation is 1. The fourth-order valence-electron chi connectivity index (χ4n) is 3.10. The smallest absolute Gasteiger partial charge is 0.277 e. The normalized spacial score (nSPS) is 17.0. The number of anilines is 1. The Morgan fingerprint density at radius 1 is 1.33 bits per heavy atom. The number of nitrogens with one attached hydrogen (secondary N) is 1. The second kappa shape index (κ2) is 8.60. The Morgan fingerprint density at radius 2 is 2.04 bits per heavy atom. The maximum Gasteiger partial charge on any atom is 0.277 e. The monoisotopic (exact) mass is 376 g/mol. The number of β-amino-alcohol motifs (C(OH)–C–C–N with tert-alkyl or cyclic N) is 1. The quantitative estimate of drug-likeness (QED) is 0.801. The molecule has 1 atom stereocenters. The molecule has 1 aliphatic heterocycles. The van der Waals surface area contributed by atoms with Crippen LogP contribution in [0.3, 0.4) is 0 Å². The van der Waals surface area contributed by atoms with Crippen LogP contribution in [-0.2, 0) is 6.54 Å². The zero-order chi connectivity index (χ0) is 19.4. The molecular weight excluding hydrogens is 351 g/mol. The molecule has 0 saturated carbocycles. The first-order valence-electron chi connectivity index (χ1n) is 9.05. The first kappa shape index (κ1) is 19.5.